The molecule has 32 heavy (non-hydrogen) atoms. The fraction of sp³-hybridized carbons (Fsp3) is 0.455. The molecule has 0 saturated carbocycles. The van der Waals surface area contributed by atoms with E-state index < -0.39 is 5.95 Å². The van der Waals surface area contributed by atoms with Crippen LogP contribution in [0, 0.1) is 18.3 Å². The van der Waals surface area contributed by atoms with E-state index in [-0.39, 0.29) is 12.9 Å². The number of aryl methyl sites for hydroxylation is 1. The van der Waals surface area contributed by atoms with Crippen molar-refractivity contribution in [3.8, 4) is 17.0 Å². The summed E-state index contributed by atoms with van der Waals surface area (Å²) in [6.07, 6.45) is 6.00. The molecule has 0 bridgehead atoms. The molecule has 1 spiro atoms. The summed E-state index contributed by atoms with van der Waals surface area (Å²) in [5.41, 5.74) is 2.38. The molecule has 2 amide bonds. The zero-order valence-electron chi connectivity index (χ0n) is 18.0. The summed E-state index contributed by atoms with van der Waals surface area (Å²) in [4.78, 5) is 27.5. The number of pyridine rings is 2. The smallest absolute Gasteiger partial charge is 0.323 e. The van der Waals surface area contributed by atoms with E-state index in [2.05, 4.69) is 20.3 Å². The first-order chi connectivity index (χ1) is 15.5. The highest BCUT2D eigenvalue weighted by atomic mass is 32.1. The quantitative estimate of drug-likeness (QED) is 0.581. The minimum absolute atomic E-state index is 0. The van der Waals surface area contributed by atoms with E-state index in [1.165, 1.54) is 24.6 Å². The van der Waals surface area contributed by atoms with Gasteiger partial charge in [-0.3, -0.25) is 5.32 Å². The minimum atomic E-state index is -0.582. The van der Waals surface area contributed by atoms with Crippen molar-refractivity contribution in [2.75, 3.05) is 38.7 Å². The van der Waals surface area contributed by atoms with Gasteiger partial charge in [0, 0.05) is 51.3 Å². The third-order valence-electron chi connectivity index (χ3n) is 6.34. The van der Waals surface area contributed by atoms with Gasteiger partial charge in [0.25, 0.3) is 0 Å². The molecule has 170 valence electrons. The molecule has 8 nitrogen and oxygen atoms in total. The predicted octanol–water partition coefficient (Wildman–Crippen LogP) is 4.49. The molecule has 3 aromatic rings. The number of fused-ring (bicyclic) bond motifs is 1. The average Bonchev–Trinajstić information content (AvgIpc) is 3.40. The Labute approximate surface area is 190 Å². The molecule has 0 atom stereocenters. The molecule has 0 aliphatic carbocycles. The average molecular weight is 460 g/mol. The van der Waals surface area contributed by atoms with Crippen molar-refractivity contribution in [3.05, 3.63) is 30.0 Å². The number of aromatic nitrogens is 3. The molecule has 10 heteroatoms. The number of ether oxygens (including phenoxy) is 2. The largest absolute Gasteiger partial charge is 0.479 e. The summed E-state index contributed by atoms with van der Waals surface area (Å²) in [6.45, 7) is 4.81. The number of thiazole rings is 1. The number of anilines is 1. The van der Waals surface area contributed by atoms with Gasteiger partial charge < -0.3 is 14.4 Å². The highest BCUT2D eigenvalue weighted by molar-refractivity contribution is 7.23. The van der Waals surface area contributed by atoms with E-state index >= 15 is 0 Å². The van der Waals surface area contributed by atoms with Crippen LogP contribution in [0.5, 0.6) is 5.88 Å². The number of carbonyl (C=O) groups excluding carboxylic acids is 1. The molecule has 0 unspecified atom stereocenters. The topological polar surface area (TPSA) is 89.5 Å². The van der Waals surface area contributed by atoms with Gasteiger partial charge in [0.1, 0.15) is 5.52 Å². The van der Waals surface area contributed by atoms with Gasteiger partial charge in [0.2, 0.25) is 11.8 Å². The van der Waals surface area contributed by atoms with E-state index in [0.29, 0.717) is 38.9 Å². The van der Waals surface area contributed by atoms with Crippen LogP contribution in [-0.2, 0) is 4.74 Å². The number of methoxy groups -OCH3 is 1. The van der Waals surface area contributed by atoms with Crippen molar-refractivity contribution >= 4 is 32.7 Å². The summed E-state index contributed by atoms with van der Waals surface area (Å²) in [7, 11) is 1.51. The summed E-state index contributed by atoms with van der Waals surface area (Å²) in [5.74, 6) is -0.259. The molecule has 2 aliphatic heterocycles. The Bertz CT molecular complexity index is 1180. The Kier molecular flexibility index (Phi) is 5.42. The molecular weight excluding hydrogens is 433 g/mol. The zero-order valence-corrected chi connectivity index (χ0v) is 18.8. The number of urea groups is 1. The zero-order chi connectivity index (χ0) is 22.3. The normalized spacial score (nSPS) is 17.8. The van der Waals surface area contributed by atoms with E-state index in [1.54, 1.807) is 12.3 Å². The molecule has 2 fully saturated rings. The summed E-state index contributed by atoms with van der Waals surface area (Å²) < 4.78 is 26.0. The number of carbonyl (C=O) groups is 1. The lowest BCUT2D eigenvalue weighted by Gasteiger charge is -2.33. The van der Waals surface area contributed by atoms with E-state index in [9.17, 15) is 9.18 Å². The standard InChI is InChI=1S/C22H24FN5O3S.H2/c1-13-9-14(18(23)24-10-13)15-11-25-19(30-2)16-17(15)32-20(26-16)27-21(29)28-6-3-22(12-28)4-7-31-8-5-22;/h9-11H,3-8,12H2,1-2H3,(H,26,27,29);1H. The van der Waals surface area contributed by atoms with Gasteiger partial charge in [-0.2, -0.15) is 4.39 Å². The van der Waals surface area contributed by atoms with E-state index in [0.717, 1.165) is 44.6 Å². The number of nitrogens with one attached hydrogen (secondary N) is 1. The number of amides is 2. The lowest BCUT2D eigenvalue weighted by atomic mass is 9.80. The molecule has 1 N–H and O–H groups in total. The first-order valence-corrected chi connectivity index (χ1v) is 11.4. The Morgan fingerprint density at radius 2 is 2.09 bits per heavy atom. The first kappa shape index (κ1) is 21.0. The highest BCUT2D eigenvalue weighted by Crippen LogP contribution is 2.41. The van der Waals surface area contributed by atoms with Crippen LogP contribution in [0.2, 0.25) is 0 Å². The van der Waals surface area contributed by atoms with Crippen LogP contribution in [0.3, 0.4) is 0 Å². The second kappa shape index (κ2) is 8.25. The van der Waals surface area contributed by atoms with Crippen LogP contribution in [0.1, 0.15) is 26.3 Å². The van der Waals surface area contributed by atoms with Gasteiger partial charge in [-0.05, 0) is 43.2 Å². The third-order valence-corrected chi connectivity index (χ3v) is 7.34. The maximum atomic E-state index is 14.5. The SMILES string of the molecule is COc1ncc(-c2cc(C)cnc2F)c2sc(NC(=O)N3CCC4(CCOCC4)C3)nc12.[HH]. The van der Waals surface area contributed by atoms with Crippen LogP contribution in [0.4, 0.5) is 14.3 Å². The van der Waals surface area contributed by atoms with Gasteiger partial charge in [0.15, 0.2) is 5.13 Å². The molecule has 3 aromatic heterocycles. The fourth-order valence-corrected chi connectivity index (χ4v) is 5.49. The van der Waals surface area contributed by atoms with Gasteiger partial charge in [0.05, 0.1) is 11.8 Å². The van der Waals surface area contributed by atoms with Crippen molar-refractivity contribution in [2.45, 2.75) is 26.2 Å². The Balaban J connectivity index is 0.00000259. The third kappa shape index (κ3) is 3.77. The lowest BCUT2D eigenvalue weighted by Crippen LogP contribution is -2.37. The predicted molar refractivity (Wildman–Crippen MR) is 122 cm³/mol. The number of likely N-dealkylation sites (tertiary alicyclic amines) is 1. The summed E-state index contributed by atoms with van der Waals surface area (Å²) >= 11 is 1.27. The van der Waals surface area contributed by atoms with Crippen molar-refractivity contribution in [1.29, 1.82) is 0 Å². The minimum Gasteiger partial charge on any atom is -0.479 e. The molecule has 2 aliphatic rings. The van der Waals surface area contributed by atoms with Crippen LogP contribution in [-0.4, -0.2) is 59.3 Å². The first-order valence-electron chi connectivity index (χ1n) is 10.6. The van der Waals surface area contributed by atoms with E-state index in [1.807, 2.05) is 11.8 Å². The molecule has 0 radical (unpaired) electrons. The van der Waals surface area contributed by atoms with Gasteiger partial charge in [-0.25, -0.2) is 19.7 Å². The number of halogens is 1. The molecule has 5 heterocycles. The summed E-state index contributed by atoms with van der Waals surface area (Å²) in [5, 5.41) is 3.34. The highest BCUT2D eigenvalue weighted by Gasteiger charge is 2.41. The number of hydrogen-bond acceptors (Lipinski definition) is 7. The monoisotopic (exact) mass is 459 g/mol. The second-order valence-electron chi connectivity index (χ2n) is 8.44. The molecule has 2 saturated heterocycles. The van der Waals surface area contributed by atoms with Gasteiger partial charge in [-0.1, -0.05) is 11.3 Å². The molecule has 0 aromatic carbocycles. The van der Waals surface area contributed by atoms with Crippen LogP contribution >= 0.6 is 11.3 Å². The fourth-order valence-electron chi connectivity index (χ4n) is 4.52. The maximum absolute atomic E-state index is 14.5. The Morgan fingerprint density at radius 3 is 2.88 bits per heavy atom. The second-order valence-corrected chi connectivity index (χ2v) is 9.44. The lowest BCUT2D eigenvalue weighted by molar-refractivity contribution is 0.0211. The molecular formula is C22H26FN5O3S. The number of hydrogen-bond donors (Lipinski definition) is 1. The van der Waals surface area contributed by atoms with Crippen LogP contribution in [0.15, 0.2) is 18.5 Å². The molecule has 5 rings (SSSR count). The van der Waals surface area contributed by atoms with Crippen LogP contribution in [0.25, 0.3) is 21.3 Å². The number of nitrogens with zero attached hydrogens (tertiary/aromatic N) is 4. The van der Waals surface area contributed by atoms with Crippen molar-refractivity contribution in [1.82, 2.24) is 19.9 Å². The van der Waals surface area contributed by atoms with Crippen LogP contribution < -0.4 is 10.1 Å². The maximum Gasteiger partial charge on any atom is 0.323 e. The summed E-state index contributed by atoms with van der Waals surface area (Å²) in [6, 6.07) is 1.55. The van der Waals surface area contributed by atoms with Gasteiger partial charge >= 0.3 is 6.03 Å². The van der Waals surface area contributed by atoms with Crippen molar-refractivity contribution < 1.29 is 20.1 Å². The van der Waals surface area contributed by atoms with Crippen molar-refractivity contribution in [3.63, 3.8) is 0 Å². The Hall–Kier alpha value is -2.85. The number of rotatable bonds is 3. The van der Waals surface area contributed by atoms with Gasteiger partial charge in [-0.15, -0.1) is 0 Å². The van der Waals surface area contributed by atoms with E-state index in [4.69, 9.17) is 9.47 Å². The Morgan fingerprint density at radius 1 is 1.28 bits per heavy atom. The van der Waals surface area contributed by atoms with Crippen molar-refractivity contribution in [2.24, 2.45) is 5.41 Å².